The van der Waals surface area contributed by atoms with Crippen LogP contribution in [0.2, 0.25) is 0 Å². The maximum Gasteiger partial charge on any atom is 0.331 e. The highest BCUT2D eigenvalue weighted by molar-refractivity contribution is 5.67. The van der Waals surface area contributed by atoms with Gasteiger partial charge >= 0.3 is 5.97 Å². The van der Waals surface area contributed by atoms with E-state index < -0.39 is 5.97 Å². The van der Waals surface area contributed by atoms with Gasteiger partial charge in [-0.25, -0.2) is 4.79 Å². The lowest BCUT2D eigenvalue weighted by atomic mass is 10.2. The van der Waals surface area contributed by atoms with Crippen LogP contribution < -0.4 is 0 Å². The van der Waals surface area contributed by atoms with Crippen LogP contribution in [0, 0.1) is 11.3 Å². The minimum absolute atomic E-state index is 0.402. The Morgan fingerprint density at radius 1 is 1.54 bits per heavy atom. The minimum Gasteiger partial charge on any atom is -0.319 e. The summed E-state index contributed by atoms with van der Waals surface area (Å²) in [7, 11) is 0. The Bertz CT molecular complexity index is 206. The number of nitriles is 1. The van der Waals surface area contributed by atoms with Gasteiger partial charge in [0.2, 0.25) is 0 Å². The van der Waals surface area contributed by atoms with E-state index in [9.17, 15) is 4.79 Å². The maximum atomic E-state index is 10.2. The van der Waals surface area contributed by atoms with Crippen molar-refractivity contribution in [2.45, 2.75) is 39.0 Å². The van der Waals surface area contributed by atoms with Crippen LogP contribution in [-0.2, 0) is 9.63 Å². The van der Waals surface area contributed by atoms with Gasteiger partial charge in [0.15, 0.2) is 0 Å². The van der Waals surface area contributed by atoms with Gasteiger partial charge in [-0.05, 0) is 19.3 Å². The van der Waals surface area contributed by atoms with Gasteiger partial charge in [-0.2, -0.15) is 5.26 Å². The summed E-state index contributed by atoms with van der Waals surface area (Å²) in [5.41, 5.74) is 0. The van der Waals surface area contributed by atoms with E-state index in [4.69, 9.17) is 5.26 Å². The largest absolute Gasteiger partial charge is 0.331 e. The second kappa shape index (κ2) is 8.72. The third-order valence-electron chi connectivity index (χ3n) is 1.38. The quantitative estimate of drug-likeness (QED) is 0.273. The first-order chi connectivity index (χ1) is 6.27. The first-order valence-electron chi connectivity index (χ1n) is 4.33. The van der Waals surface area contributed by atoms with Crippen molar-refractivity contribution >= 4 is 12.2 Å². The van der Waals surface area contributed by atoms with E-state index in [1.54, 1.807) is 6.21 Å². The molecule has 4 heteroatoms. The van der Waals surface area contributed by atoms with Gasteiger partial charge in [0.1, 0.15) is 0 Å². The molecule has 4 nitrogen and oxygen atoms in total. The van der Waals surface area contributed by atoms with Crippen LogP contribution in [0.4, 0.5) is 0 Å². The fourth-order valence-electron chi connectivity index (χ4n) is 0.781. The molecule has 0 spiro atoms. The van der Waals surface area contributed by atoms with Crippen LogP contribution in [-0.4, -0.2) is 12.2 Å². The smallest absolute Gasteiger partial charge is 0.319 e. The number of unbranched alkanes of at least 4 members (excludes halogenated alkanes) is 4. The molecule has 0 aromatic carbocycles. The third kappa shape index (κ3) is 10.6. The Hall–Kier alpha value is -1.37. The molecule has 0 aromatic rings. The van der Waals surface area contributed by atoms with Gasteiger partial charge in [-0.15, -0.1) is 0 Å². The lowest BCUT2D eigenvalue weighted by molar-refractivity contribution is -0.140. The van der Waals surface area contributed by atoms with Crippen LogP contribution in [0.3, 0.4) is 0 Å². The Labute approximate surface area is 78.2 Å². The van der Waals surface area contributed by atoms with E-state index in [1.807, 2.05) is 0 Å². The van der Waals surface area contributed by atoms with Crippen LogP contribution in [0.15, 0.2) is 5.16 Å². The second-order valence-corrected chi connectivity index (χ2v) is 2.63. The monoisotopic (exact) mass is 182 g/mol. The Kier molecular flexibility index (Phi) is 7.80. The highest BCUT2D eigenvalue weighted by Crippen LogP contribution is 2.00. The second-order valence-electron chi connectivity index (χ2n) is 2.63. The van der Waals surface area contributed by atoms with Gasteiger partial charge in [0.25, 0.3) is 0 Å². The molecule has 0 radical (unpaired) electrons. The summed E-state index contributed by atoms with van der Waals surface area (Å²) in [4.78, 5) is 14.6. The Morgan fingerprint density at radius 2 is 2.31 bits per heavy atom. The van der Waals surface area contributed by atoms with Crippen molar-refractivity contribution < 1.29 is 9.63 Å². The van der Waals surface area contributed by atoms with E-state index in [0.717, 1.165) is 25.7 Å². The molecular formula is C9H14N2O2. The Morgan fingerprint density at radius 3 is 2.92 bits per heavy atom. The summed E-state index contributed by atoms with van der Waals surface area (Å²) in [6.45, 7) is 1.31. The zero-order valence-corrected chi connectivity index (χ0v) is 7.82. The molecular weight excluding hydrogens is 168 g/mol. The molecule has 0 amide bonds. The predicted molar refractivity (Wildman–Crippen MR) is 49.0 cm³/mol. The summed E-state index contributed by atoms with van der Waals surface area (Å²) in [5, 5.41) is 11.7. The van der Waals surface area contributed by atoms with Crippen molar-refractivity contribution in [3.05, 3.63) is 0 Å². The topological polar surface area (TPSA) is 62.4 Å². The fraction of sp³-hybridized carbons (Fsp3) is 0.667. The first-order valence-corrected chi connectivity index (χ1v) is 4.33. The predicted octanol–water partition coefficient (Wildman–Crippen LogP) is 2.01. The van der Waals surface area contributed by atoms with Crippen molar-refractivity contribution in [1.82, 2.24) is 0 Å². The first kappa shape index (κ1) is 11.6. The molecule has 0 bridgehead atoms. The molecule has 0 aliphatic rings. The van der Waals surface area contributed by atoms with Crippen molar-refractivity contribution in [1.29, 1.82) is 5.26 Å². The zero-order valence-electron chi connectivity index (χ0n) is 7.82. The normalized spacial score (nSPS) is 9.85. The van der Waals surface area contributed by atoms with Gasteiger partial charge in [0, 0.05) is 19.6 Å². The van der Waals surface area contributed by atoms with E-state index in [-0.39, 0.29) is 0 Å². The molecule has 0 heterocycles. The SMILES string of the molecule is CC(=O)ON=CCCCCCC#N. The minimum atomic E-state index is -0.402. The molecule has 0 aliphatic heterocycles. The number of hydrogen-bond acceptors (Lipinski definition) is 4. The molecule has 0 N–H and O–H groups in total. The highest BCUT2D eigenvalue weighted by Gasteiger charge is 1.88. The summed E-state index contributed by atoms with van der Waals surface area (Å²) < 4.78 is 0. The van der Waals surface area contributed by atoms with Crippen molar-refractivity contribution in [2.75, 3.05) is 0 Å². The summed E-state index contributed by atoms with van der Waals surface area (Å²) in [5.74, 6) is -0.402. The number of carbonyl (C=O) groups excluding carboxylic acids is 1. The van der Waals surface area contributed by atoms with Crippen LogP contribution in [0.5, 0.6) is 0 Å². The van der Waals surface area contributed by atoms with Gasteiger partial charge < -0.3 is 4.84 Å². The summed E-state index contributed by atoms with van der Waals surface area (Å²) in [6, 6.07) is 2.08. The molecule has 0 rings (SSSR count). The lowest BCUT2D eigenvalue weighted by Crippen LogP contribution is -1.91. The van der Waals surface area contributed by atoms with Gasteiger partial charge in [0.05, 0.1) is 6.07 Å². The summed E-state index contributed by atoms with van der Waals surface area (Å²) in [6.07, 6.45) is 5.90. The van der Waals surface area contributed by atoms with E-state index in [0.29, 0.717) is 6.42 Å². The van der Waals surface area contributed by atoms with E-state index in [1.165, 1.54) is 6.92 Å². The van der Waals surface area contributed by atoms with Crippen LogP contribution >= 0.6 is 0 Å². The molecule has 0 aliphatic carbocycles. The Balaban J connectivity index is 3.12. The number of nitrogens with zero attached hydrogens (tertiary/aromatic N) is 2. The molecule has 0 saturated carbocycles. The van der Waals surface area contributed by atoms with Crippen LogP contribution in [0.25, 0.3) is 0 Å². The van der Waals surface area contributed by atoms with Gasteiger partial charge in [-0.1, -0.05) is 11.6 Å². The van der Waals surface area contributed by atoms with Gasteiger partial charge in [-0.3, -0.25) is 0 Å². The van der Waals surface area contributed by atoms with Crippen molar-refractivity contribution in [3.63, 3.8) is 0 Å². The number of rotatable bonds is 6. The average Bonchev–Trinajstić information content (AvgIpc) is 2.09. The molecule has 0 unspecified atom stereocenters. The van der Waals surface area contributed by atoms with Crippen LogP contribution in [0.1, 0.15) is 39.0 Å². The van der Waals surface area contributed by atoms with E-state index >= 15 is 0 Å². The molecule has 0 atom stereocenters. The highest BCUT2D eigenvalue weighted by atomic mass is 16.7. The average molecular weight is 182 g/mol. The standard InChI is InChI=1S/C9H14N2O2/c1-9(12)13-11-8-6-4-2-3-5-7-10/h8H,2-6H2,1H3. The fourth-order valence-corrected chi connectivity index (χ4v) is 0.781. The molecule has 13 heavy (non-hydrogen) atoms. The molecule has 0 saturated heterocycles. The number of oxime groups is 1. The zero-order chi connectivity index (χ0) is 9.94. The van der Waals surface area contributed by atoms with E-state index in [2.05, 4.69) is 16.1 Å². The third-order valence-corrected chi connectivity index (χ3v) is 1.38. The van der Waals surface area contributed by atoms with Crippen molar-refractivity contribution in [3.8, 4) is 6.07 Å². The summed E-state index contributed by atoms with van der Waals surface area (Å²) >= 11 is 0. The number of hydrogen-bond donors (Lipinski definition) is 0. The van der Waals surface area contributed by atoms with Crippen molar-refractivity contribution in [2.24, 2.45) is 5.16 Å². The molecule has 0 aromatic heterocycles. The number of carbonyl (C=O) groups is 1. The molecule has 72 valence electrons. The molecule has 0 fully saturated rings. The maximum absolute atomic E-state index is 10.2. The lowest BCUT2D eigenvalue weighted by Gasteiger charge is -1.92.